The minimum atomic E-state index is 0.574. The van der Waals surface area contributed by atoms with Gasteiger partial charge < -0.3 is 5.32 Å². The molecule has 0 unspecified atom stereocenters. The maximum Gasteiger partial charge on any atom is 0.0345 e. The molecule has 2 heteroatoms. The number of rotatable bonds is 6. The predicted octanol–water partition coefficient (Wildman–Crippen LogP) is 6.15. The van der Waals surface area contributed by atoms with Gasteiger partial charge in [0.05, 0.1) is 0 Å². The molecule has 2 rings (SSSR count). The van der Waals surface area contributed by atoms with Gasteiger partial charge in [-0.15, -0.1) is 12.6 Å². The van der Waals surface area contributed by atoms with Crippen molar-refractivity contribution >= 4 is 18.2 Å². The highest BCUT2D eigenvalue weighted by Gasteiger charge is 2.21. The van der Waals surface area contributed by atoms with Crippen LogP contribution in [0.5, 0.6) is 0 Å². The average molecular weight is 330 g/mol. The van der Waals surface area contributed by atoms with Gasteiger partial charge in [0.1, 0.15) is 0 Å². The Morgan fingerprint density at radius 3 is 2.61 bits per heavy atom. The largest absolute Gasteiger partial charge is 0.382 e. The molecule has 126 valence electrons. The summed E-state index contributed by atoms with van der Waals surface area (Å²) in [6, 6.07) is 6.88. The van der Waals surface area contributed by atoms with Gasteiger partial charge in [0.25, 0.3) is 0 Å². The lowest BCUT2D eigenvalue weighted by atomic mass is 9.83. The molecule has 0 radical (unpaired) electrons. The van der Waals surface area contributed by atoms with Crippen molar-refractivity contribution in [3.05, 3.63) is 47.7 Å². The monoisotopic (exact) mass is 329 g/mol. The zero-order valence-corrected chi connectivity index (χ0v) is 15.8. The summed E-state index contributed by atoms with van der Waals surface area (Å²) in [6.45, 7) is 10.8. The molecule has 0 heterocycles. The fourth-order valence-electron chi connectivity index (χ4n) is 3.72. The number of aryl methyl sites for hydroxylation is 1. The normalized spacial score (nSPS) is 22.0. The summed E-state index contributed by atoms with van der Waals surface area (Å²) < 4.78 is 0. The van der Waals surface area contributed by atoms with Gasteiger partial charge in [-0.2, -0.15) is 0 Å². The molecule has 0 saturated heterocycles. The smallest absolute Gasteiger partial charge is 0.0345 e. The molecule has 0 aromatic heterocycles. The second-order valence-electron chi connectivity index (χ2n) is 6.83. The first-order chi connectivity index (χ1) is 11.0. The van der Waals surface area contributed by atoms with Crippen LogP contribution in [0.1, 0.15) is 63.5 Å². The Kier molecular flexibility index (Phi) is 6.83. The van der Waals surface area contributed by atoms with E-state index in [0.717, 1.165) is 16.5 Å². The van der Waals surface area contributed by atoms with Crippen molar-refractivity contribution in [2.24, 2.45) is 5.92 Å². The fourth-order valence-corrected chi connectivity index (χ4v) is 3.92. The number of allylic oxidation sites excluding steroid dienone is 2. The number of thiol groups is 1. The molecule has 1 aromatic carbocycles. The Morgan fingerprint density at radius 2 is 2.00 bits per heavy atom. The van der Waals surface area contributed by atoms with Gasteiger partial charge in [-0.3, -0.25) is 0 Å². The number of benzene rings is 1. The first-order valence-electron chi connectivity index (χ1n) is 8.97. The van der Waals surface area contributed by atoms with Crippen molar-refractivity contribution in [1.82, 2.24) is 5.32 Å². The van der Waals surface area contributed by atoms with Crippen LogP contribution in [0.25, 0.3) is 5.57 Å². The van der Waals surface area contributed by atoms with E-state index in [9.17, 15) is 0 Å². The predicted molar refractivity (Wildman–Crippen MR) is 105 cm³/mol. The van der Waals surface area contributed by atoms with Gasteiger partial charge in [0.15, 0.2) is 0 Å². The third kappa shape index (κ3) is 4.91. The summed E-state index contributed by atoms with van der Waals surface area (Å²) in [5.74, 6) is 0.940. The number of hydrogen-bond donors (Lipinski definition) is 2. The van der Waals surface area contributed by atoms with E-state index in [0.29, 0.717) is 6.04 Å². The van der Waals surface area contributed by atoms with Gasteiger partial charge in [-0.05, 0) is 68.7 Å². The lowest BCUT2D eigenvalue weighted by molar-refractivity contribution is 0.290. The second-order valence-corrected chi connectivity index (χ2v) is 7.35. The zero-order valence-electron chi connectivity index (χ0n) is 14.9. The summed E-state index contributed by atoms with van der Waals surface area (Å²) in [4.78, 5) is 0.998. The molecule has 0 amide bonds. The summed E-state index contributed by atoms with van der Waals surface area (Å²) >= 11 is 4.49. The maximum absolute atomic E-state index is 4.49. The van der Waals surface area contributed by atoms with Crippen molar-refractivity contribution in [3.63, 3.8) is 0 Å². The highest BCUT2D eigenvalue weighted by molar-refractivity contribution is 7.80. The molecule has 1 nitrogen and oxygen atoms in total. The van der Waals surface area contributed by atoms with Crippen LogP contribution in [0.2, 0.25) is 0 Å². The molecule has 23 heavy (non-hydrogen) atoms. The van der Waals surface area contributed by atoms with Crippen molar-refractivity contribution in [2.45, 2.75) is 70.2 Å². The minimum absolute atomic E-state index is 0.574. The molecule has 1 fully saturated rings. The molecule has 1 saturated carbocycles. The molecule has 0 spiro atoms. The molecule has 1 aliphatic rings. The molecule has 1 aliphatic carbocycles. The summed E-state index contributed by atoms with van der Waals surface area (Å²) in [6.07, 6.45) is 10.1. The van der Waals surface area contributed by atoms with Crippen molar-refractivity contribution in [3.8, 4) is 0 Å². The van der Waals surface area contributed by atoms with Crippen molar-refractivity contribution in [1.29, 1.82) is 0 Å². The van der Waals surface area contributed by atoms with Crippen LogP contribution in [0, 0.1) is 12.8 Å². The number of hydrogen-bond acceptors (Lipinski definition) is 2. The third-order valence-corrected chi connectivity index (χ3v) is 5.33. The van der Waals surface area contributed by atoms with Crippen LogP contribution in [0.4, 0.5) is 0 Å². The van der Waals surface area contributed by atoms with E-state index < -0.39 is 0 Å². The van der Waals surface area contributed by atoms with E-state index in [2.05, 4.69) is 63.5 Å². The lowest BCUT2D eigenvalue weighted by Gasteiger charge is -2.31. The van der Waals surface area contributed by atoms with Crippen molar-refractivity contribution in [2.75, 3.05) is 0 Å². The Morgan fingerprint density at radius 1 is 1.30 bits per heavy atom. The number of nitrogens with one attached hydrogen (secondary N) is 1. The quantitative estimate of drug-likeness (QED) is 0.471. The van der Waals surface area contributed by atoms with Crippen LogP contribution >= 0.6 is 12.6 Å². The molecule has 0 aliphatic heterocycles. The summed E-state index contributed by atoms with van der Waals surface area (Å²) in [7, 11) is 0. The van der Waals surface area contributed by atoms with Gasteiger partial charge >= 0.3 is 0 Å². The molecule has 1 N–H and O–H groups in total. The molecule has 0 bridgehead atoms. The second kappa shape index (κ2) is 8.63. The molecular weight excluding hydrogens is 298 g/mol. The zero-order chi connectivity index (χ0) is 16.8. The highest BCUT2D eigenvalue weighted by Crippen LogP contribution is 2.30. The minimum Gasteiger partial charge on any atom is -0.382 e. The van der Waals surface area contributed by atoms with E-state index in [4.69, 9.17) is 0 Å². The van der Waals surface area contributed by atoms with Gasteiger partial charge in [0.2, 0.25) is 0 Å². The average Bonchev–Trinajstić information content (AvgIpc) is 2.53. The Hall–Kier alpha value is -1.15. The highest BCUT2D eigenvalue weighted by atomic mass is 32.1. The fraction of sp³-hybridized carbons (Fsp3) is 0.524. The van der Waals surface area contributed by atoms with E-state index in [1.165, 1.54) is 55.2 Å². The summed E-state index contributed by atoms with van der Waals surface area (Å²) in [5.41, 5.74) is 4.75. The van der Waals surface area contributed by atoms with Crippen LogP contribution in [-0.4, -0.2) is 6.04 Å². The third-order valence-electron chi connectivity index (χ3n) is 5.05. The van der Waals surface area contributed by atoms with E-state index in [-0.39, 0.29) is 0 Å². The Balaban J connectivity index is 2.00. The van der Waals surface area contributed by atoms with E-state index >= 15 is 0 Å². The lowest BCUT2D eigenvalue weighted by Crippen LogP contribution is -2.32. The SMILES string of the molecule is C=C(NC1CCC(CCC)CC1)/C(=C/C)c1cc(S)ccc1C. The van der Waals surface area contributed by atoms with Crippen LogP contribution < -0.4 is 5.32 Å². The topological polar surface area (TPSA) is 12.0 Å². The standard InChI is InChI=1S/C21H31NS/c1-5-7-17-9-11-18(12-10-17)22-16(4)20(6-2)21-14-19(23)13-8-15(21)3/h6,8,13-14,17-18,22-23H,4-5,7,9-12H2,1-3H3/b20-6-. The Bertz CT molecular complexity index is 565. The van der Waals surface area contributed by atoms with Crippen LogP contribution in [0.3, 0.4) is 0 Å². The van der Waals surface area contributed by atoms with Gasteiger partial charge in [0, 0.05) is 22.2 Å². The summed E-state index contributed by atoms with van der Waals surface area (Å²) in [5, 5.41) is 3.69. The first-order valence-corrected chi connectivity index (χ1v) is 9.42. The van der Waals surface area contributed by atoms with Gasteiger partial charge in [-0.25, -0.2) is 0 Å². The van der Waals surface area contributed by atoms with Crippen LogP contribution in [0.15, 0.2) is 41.4 Å². The Labute approximate surface area is 147 Å². The maximum atomic E-state index is 4.49. The molecular formula is C21H31NS. The van der Waals surface area contributed by atoms with Gasteiger partial charge in [-0.1, -0.05) is 38.5 Å². The molecule has 0 atom stereocenters. The van der Waals surface area contributed by atoms with Crippen molar-refractivity contribution < 1.29 is 0 Å². The van der Waals surface area contributed by atoms with E-state index in [1.54, 1.807) is 0 Å². The first kappa shape index (κ1) is 18.2. The van der Waals surface area contributed by atoms with E-state index in [1.807, 2.05) is 6.07 Å². The molecule has 1 aromatic rings. The van der Waals surface area contributed by atoms with Crippen LogP contribution in [-0.2, 0) is 0 Å².